The summed E-state index contributed by atoms with van der Waals surface area (Å²) in [6, 6.07) is 19.3. The Labute approximate surface area is 184 Å². The van der Waals surface area contributed by atoms with Gasteiger partial charge in [-0.15, -0.1) is 0 Å². The third-order valence-electron chi connectivity index (χ3n) is 4.31. The molecule has 0 aliphatic carbocycles. The maximum atomic E-state index is 13.2. The Morgan fingerprint density at radius 1 is 0.969 bits per heavy atom. The maximum absolute atomic E-state index is 13.2. The molecule has 162 valence electrons. The van der Waals surface area contributed by atoms with Crippen LogP contribution in [-0.4, -0.2) is 17.8 Å². The molecule has 3 rings (SSSR count). The fourth-order valence-electron chi connectivity index (χ4n) is 2.81. The first-order valence-electron chi connectivity index (χ1n) is 9.79. The first-order valence-corrected chi connectivity index (χ1v) is 9.79. The van der Waals surface area contributed by atoms with Crippen LogP contribution >= 0.6 is 0 Å². The second-order valence-electron chi connectivity index (χ2n) is 6.88. The molecular formula is C25H21FN2O4. The second-order valence-corrected chi connectivity index (χ2v) is 6.88. The molecule has 3 aromatic rings. The van der Waals surface area contributed by atoms with Crippen molar-refractivity contribution in [1.82, 2.24) is 5.32 Å². The number of amides is 2. The van der Waals surface area contributed by atoms with E-state index in [1.54, 1.807) is 54.6 Å². The summed E-state index contributed by atoms with van der Waals surface area (Å²) in [6.07, 6.45) is 2.88. The molecule has 0 saturated heterocycles. The Kier molecular flexibility index (Phi) is 7.48. The van der Waals surface area contributed by atoms with Crippen LogP contribution in [-0.2, 0) is 16.1 Å². The van der Waals surface area contributed by atoms with Gasteiger partial charge < -0.3 is 15.4 Å². The van der Waals surface area contributed by atoms with Gasteiger partial charge in [0.1, 0.15) is 11.6 Å². The van der Waals surface area contributed by atoms with E-state index in [0.29, 0.717) is 29.1 Å². The summed E-state index contributed by atoms with van der Waals surface area (Å²) < 4.78 is 18.1. The van der Waals surface area contributed by atoms with E-state index in [0.717, 1.165) is 5.56 Å². The molecule has 3 aromatic carbocycles. The number of nitrogens with one attached hydrogen (secondary N) is 2. The van der Waals surface area contributed by atoms with Crippen LogP contribution in [0.25, 0.3) is 6.08 Å². The number of halogens is 1. The van der Waals surface area contributed by atoms with Gasteiger partial charge in [0, 0.05) is 30.8 Å². The fraction of sp³-hybridized carbons (Fsp3) is 0.0800. The lowest BCUT2D eigenvalue weighted by atomic mass is 10.1. The van der Waals surface area contributed by atoms with E-state index >= 15 is 0 Å². The lowest BCUT2D eigenvalue weighted by molar-refractivity contribution is -0.131. The Hall–Kier alpha value is -4.26. The molecule has 0 saturated carbocycles. The quantitative estimate of drug-likeness (QED) is 0.331. The average molecular weight is 432 g/mol. The number of benzene rings is 3. The van der Waals surface area contributed by atoms with Crippen molar-refractivity contribution in [3.8, 4) is 5.75 Å². The molecule has 7 heteroatoms. The van der Waals surface area contributed by atoms with Crippen molar-refractivity contribution in [1.29, 1.82) is 0 Å². The van der Waals surface area contributed by atoms with Crippen molar-refractivity contribution in [2.24, 2.45) is 0 Å². The van der Waals surface area contributed by atoms with Crippen LogP contribution in [0.15, 0.2) is 78.9 Å². The van der Waals surface area contributed by atoms with Gasteiger partial charge in [0.15, 0.2) is 0 Å². The Bertz CT molecular complexity index is 1160. The van der Waals surface area contributed by atoms with E-state index in [2.05, 4.69) is 10.6 Å². The van der Waals surface area contributed by atoms with Gasteiger partial charge in [-0.05, 0) is 59.7 Å². The lowest BCUT2D eigenvalue weighted by Gasteiger charge is -2.08. The van der Waals surface area contributed by atoms with Crippen LogP contribution < -0.4 is 15.4 Å². The van der Waals surface area contributed by atoms with Crippen LogP contribution in [0.2, 0.25) is 0 Å². The molecule has 2 amide bonds. The number of esters is 1. The Balaban J connectivity index is 1.52. The van der Waals surface area contributed by atoms with Crippen molar-refractivity contribution >= 4 is 29.5 Å². The molecule has 0 atom stereocenters. The van der Waals surface area contributed by atoms with Gasteiger partial charge >= 0.3 is 5.97 Å². The van der Waals surface area contributed by atoms with Gasteiger partial charge in [0.25, 0.3) is 5.91 Å². The highest BCUT2D eigenvalue weighted by Crippen LogP contribution is 2.16. The molecule has 0 heterocycles. The predicted molar refractivity (Wildman–Crippen MR) is 119 cm³/mol. The fourth-order valence-corrected chi connectivity index (χ4v) is 2.81. The van der Waals surface area contributed by atoms with Crippen LogP contribution in [0.1, 0.15) is 28.4 Å². The SMILES string of the molecule is CC(=O)Oc1cccc(C(=O)Nc2ccc(CNC(=O)/C=C/c3cccc(F)c3)cc2)c1. The number of hydrogen-bond donors (Lipinski definition) is 2. The van der Waals surface area contributed by atoms with E-state index in [1.165, 1.54) is 37.3 Å². The topological polar surface area (TPSA) is 84.5 Å². The van der Waals surface area contributed by atoms with Crippen LogP contribution in [0.4, 0.5) is 10.1 Å². The summed E-state index contributed by atoms with van der Waals surface area (Å²) in [5.74, 6) is -1.18. The van der Waals surface area contributed by atoms with Crippen molar-refractivity contribution < 1.29 is 23.5 Å². The predicted octanol–water partition coefficient (Wildman–Crippen LogP) is 4.33. The van der Waals surface area contributed by atoms with E-state index in [1.807, 2.05) is 0 Å². The number of carbonyl (C=O) groups is 3. The molecular weight excluding hydrogens is 411 g/mol. The zero-order chi connectivity index (χ0) is 22.9. The molecule has 0 spiro atoms. The number of anilines is 1. The Morgan fingerprint density at radius 3 is 2.44 bits per heavy atom. The summed E-state index contributed by atoms with van der Waals surface area (Å²) in [5.41, 5.74) is 2.37. The highest BCUT2D eigenvalue weighted by Gasteiger charge is 2.08. The highest BCUT2D eigenvalue weighted by atomic mass is 19.1. The Morgan fingerprint density at radius 2 is 1.72 bits per heavy atom. The van der Waals surface area contributed by atoms with E-state index in [9.17, 15) is 18.8 Å². The molecule has 2 N–H and O–H groups in total. The summed E-state index contributed by atoms with van der Waals surface area (Å²) in [4.78, 5) is 35.4. The monoisotopic (exact) mass is 432 g/mol. The van der Waals surface area contributed by atoms with Gasteiger partial charge in [0.05, 0.1) is 0 Å². The lowest BCUT2D eigenvalue weighted by Crippen LogP contribution is -2.20. The summed E-state index contributed by atoms with van der Waals surface area (Å²) in [7, 11) is 0. The molecule has 0 fully saturated rings. The number of carbonyl (C=O) groups excluding carboxylic acids is 3. The molecule has 6 nitrogen and oxygen atoms in total. The van der Waals surface area contributed by atoms with Crippen molar-refractivity contribution in [3.63, 3.8) is 0 Å². The van der Waals surface area contributed by atoms with Gasteiger partial charge in [-0.25, -0.2) is 4.39 Å². The van der Waals surface area contributed by atoms with Crippen molar-refractivity contribution in [2.45, 2.75) is 13.5 Å². The molecule has 0 aliphatic heterocycles. The number of hydrogen-bond acceptors (Lipinski definition) is 4. The third kappa shape index (κ3) is 6.91. The van der Waals surface area contributed by atoms with Gasteiger partial charge in [-0.2, -0.15) is 0 Å². The summed E-state index contributed by atoms with van der Waals surface area (Å²) in [6.45, 7) is 1.59. The van der Waals surface area contributed by atoms with Gasteiger partial charge in [-0.3, -0.25) is 14.4 Å². The zero-order valence-electron chi connectivity index (χ0n) is 17.3. The molecule has 32 heavy (non-hydrogen) atoms. The summed E-state index contributed by atoms with van der Waals surface area (Å²) >= 11 is 0. The normalized spacial score (nSPS) is 10.6. The maximum Gasteiger partial charge on any atom is 0.308 e. The first-order chi connectivity index (χ1) is 15.4. The minimum atomic E-state index is -0.463. The van der Waals surface area contributed by atoms with E-state index in [4.69, 9.17) is 4.74 Å². The van der Waals surface area contributed by atoms with Crippen LogP contribution in [0.5, 0.6) is 5.75 Å². The standard InChI is InChI=1S/C25H21FN2O4/c1-17(29)32-23-7-3-5-20(15-23)25(31)28-22-11-8-19(9-12-22)16-27-24(30)13-10-18-4-2-6-21(26)14-18/h2-15H,16H2,1H3,(H,27,30)(H,28,31)/b13-10+. The highest BCUT2D eigenvalue weighted by molar-refractivity contribution is 6.04. The zero-order valence-corrected chi connectivity index (χ0v) is 17.3. The van der Waals surface area contributed by atoms with Gasteiger partial charge in [0.2, 0.25) is 5.91 Å². The average Bonchev–Trinajstić information content (AvgIpc) is 2.77. The van der Waals surface area contributed by atoms with E-state index in [-0.39, 0.29) is 17.6 Å². The van der Waals surface area contributed by atoms with Crippen LogP contribution in [0, 0.1) is 5.82 Å². The molecule has 0 unspecified atom stereocenters. The molecule has 0 aromatic heterocycles. The molecule has 0 radical (unpaired) electrons. The van der Waals surface area contributed by atoms with Gasteiger partial charge in [-0.1, -0.05) is 30.3 Å². The van der Waals surface area contributed by atoms with E-state index < -0.39 is 5.97 Å². The minimum Gasteiger partial charge on any atom is -0.427 e. The third-order valence-corrected chi connectivity index (χ3v) is 4.31. The minimum absolute atomic E-state index is 0.294. The van der Waals surface area contributed by atoms with Crippen LogP contribution in [0.3, 0.4) is 0 Å². The van der Waals surface area contributed by atoms with Crippen molar-refractivity contribution in [2.75, 3.05) is 5.32 Å². The van der Waals surface area contributed by atoms with Crippen molar-refractivity contribution in [3.05, 3.63) is 101 Å². The second kappa shape index (κ2) is 10.7. The number of rotatable bonds is 7. The number of ether oxygens (including phenoxy) is 1. The summed E-state index contributed by atoms with van der Waals surface area (Å²) in [5, 5.41) is 5.51. The molecule has 0 aliphatic rings. The smallest absolute Gasteiger partial charge is 0.308 e. The largest absolute Gasteiger partial charge is 0.427 e. The first kappa shape index (κ1) is 22.4. The molecule has 0 bridgehead atoms.